The molecule has 30 heavy (non-hydrogen) atoms. The number of esters is 1. The van der Waals surface area contributed by atoms with Crippen LogP contribution in [0.25, 0.3) is 11.5 Å². The number of carbonyl (C=O) groups excluding carboxylic acids is 2. The summed E-state index contributed by atoms with van der Waals surface area (Å²) in [7, 11) is 0. The fraction of sp³-hybridized carbons (Fsp3) is 0.150. The summed E-state index contributed by atoms with van der Waals surface area (Å²) >= 11 is 5.96. The van der Waals surface area contributed by atoms with Crippen molar-refractivity contribution < 1.29 is 23.7 Å². The Kier molecular flexibility index (Phi) is 6.12. The molecule has 1 N–H and O–H groups in total. The van der Waals surface area contributed by atoms with Crippen LogP contribution in [0.3, 0.4) is 0 Å². The van der Waals surface area contributed by atoms with Crippen molar-refractivity contribution in [2.45, 2.75) is 20.0 Å². The van der Waals surface area contributed by atoms with Crippen molar-refractivity contribution in [1.82, 2.24) is 4.98 Å². The molecule has 0 fully saturated rings. The first kappa shape index (κ1) is 21.0. The van der Waals surface area contributed by atoms with Crippen LogP contribution in [0.1, 0.15) is 23.2 Å². The van der Waals surface area contributed by atoms with Gasteiger partial charge in [0.15, 0.2) is 11.8 Å². The number of hydrogen-bond donors (Lipinski definition) is 1. The maximum Gasteiger partial charge on any atom is 0.361 e. The number of benzene rings is 2. The summed E-state index contributed by atoms with van der Waals surface area (Å²) in [5.41, 5.74) is 0.590. The van der Waals surface area contributed by atoms with E-state index in [1.807, 2.05) is 18.2 Å². The van der Waals surface area contributed by atoms with Crippen LogP contribution in [0.5, 0.6) is 0 Å². The number of oxazole rings is 1. The van der Waals surface area contributed by atoms with E-state index < -0.39 is 22.9 Å². The van der Waals surface area contributed by atoms with Crippen LogP contribution in [0.2, 0.25) is 5.02 Å². The van der Waals surface area contributed by atoms with Crippen molar-refractivity contribution in [2.75, 3.05) is 5.32 Å². The molecular weight excluding hydrogens is 414 g/mol. The van der Waals surface area contributed by atoms with Gasteiger partial charge in [0.2, 0.25) is 5.89 Å². The van der Waals surface area contributed by atoms with Gasteiger partial charge in [0.25, 0.3) is 11.6 Å². The number of nitro groups is 1. The summed E-state index contributed by atoms with van der Waals surface area (Å²) in [6.07, 6.45) is -1.18. The zero-order chi connectivity index (χ0) is 21.8. The first-order chi connectivity index (χ1) is 14.3. The minimum Gasteiger partial charge on any atom is -0.448 e. The number of non-ortho nitro benzene ring substituents is 1. The lowest BCUT2D eigenvalue weighted by molar-refractivity contribution is -0.384. The molecule has 0 aliphatic heterocycles. The second-order valence-corrected chi connectivity index (χ2v) is 6.66. The molecule has 2 aromatic carbocycles. The molecular formula is C20H16ClN3O6. The average molecular weight is 430 g/mol. The highest BCUT2D eigenvalue weighted by Crippen LogP contribution is 2.27. The summed E-state index contributed by atoms with van der Waals surface area (Å²) in [4.78, 5) is 39.1. The van der Waals surface area contributed by atoms with Gasteiger partial charge in [-0.2, -0.15) is 0 Å². The lowest BCUT2D eigenvalue weighted by atomic mass is 10.2. The van der Waals surface area contributed by atoms with Gasteiger partial charge in [0.05, 0.1) is 15.6 Å². The molecule has 1 atom stereocenters. The van der Waals surface area contributed by atoms with Crippen LogP contribution < -0.4 is 5.32 Å². The third-order valence-electron chi connectivity index (χ3n) is 4.09. The molecule has 9 nitrogen and oxygen atoms in total. The number of halogens is 1. The quantitative estimate of drug-likeness (QED) is 0.350. The first-order valence-electron chi connectivity index (χ1n) is 8.75. The molecule has 1 unspecified atom stereocenters. The number of amides is 1. The predicted octanol–water partition coefficient (Wildman–Crippen LogP) is 4.40. The maximum atomic E-state index is 12.4. The Bertz CT molecular complexity index is 1110. The average Bonchev–Trinajstić information content (AvgIpc) is 3.11. The highest BCUT2D eigenvalue weighted by atomic mass is 35.5. The first-order valence-corrected chi connectivity index (χ1v) is 9.12. The number of hydrogen-bond acceptors (Lipinski definition) is 7. The van der Waals surface area contributed by atoms with Crippen LogP contribution in [0.4, 0.5) is 11.4 Å². The van der Waals surface area contributed by atoms with Gasteiger partial charge in [-0.25, -0.2) is 9.78 Å². The molecule has 1 aromatic heterocycles. The molecule has 10 heteroatoms. The lowest BCUT2D eigenvalue weighted by Crippen LogP contribution is -2.30. The lowest BCUT2D eigenvalue weighted by Gasteiger charge is -2.13. The summed E-state index contributed by atoms with van der Waals surface area (Å²) < 4.78 is 10.7. The van der Waals surface area contributed by atoms with Gasteiger partial charge < -0.3 is 14.5 Å². The molecule has 3 aromatic rings. The molecule has 0 spiro atoms. The highest BCUT2D eigenvalue weighted by Gasteiger charge is 2.25. The van der Waals surface area contributed by atoms with Gasteiger partial charge in [0.1, 0.15) is 5.76 Å². The van der Waals surface area contributed by atoms with Crippen LogP contribution in [-0.2, 0) is 9.53 Å². The molecule has 0 saturated heterocycles. The molecule has 0 radical (unpaired) electrons. The number of aromatic nitrogens is 1. The number of ether oxygens (including phenoxy) is 1. The molecule has 3 rings (SSSR count). The van der Waals surface area contributed by atoms with E-state index >= 15 is 0 Å². The predicted molar refractivity (Wildman–Crippen MR) is 108 cm³/mol. The van der Waals surface area contributed by atoms with Gasteiger partial charge in [-0.05, 0) is 32.0 Å². The third-order valence-corrected chi connectivity index (χ3v) is 4.40. The van der Waals surface area contributed by atoms with E-state index in [2.05, 4.69) is 10.3 Å². The second-order valence-electron chi connectivity index (χ2n) is 6.25. The summed E-state index contributed by atoms with van der Waals surface area (Å²) in [5, 5.41) is 13.2. The van der Waals surface area contributed by atoms with Crippen LogP contribution in [-0.4, -0.2) is 27.9 Å². The smallest absolute Gasteiger partial charge is 0.361 e. The molecule has 0 aliphatic carbocycles. The maximum absolute atomic E-state index is 12.4. The van der Waals surface area contributed by atoms with Crippen molar-refractivity contribution in [3.8, 4) is 11.5 Å². The minimum absolute atomic E-state index is 0.0177. The Morgan fingerprint density at radius 1 is 1.23 bits per heavy atom. The minimum atomic E-state index is -1.18. The molecule has 0 aliphatic rings. The second kappa shape index (κ2) is 8.75. The van der Waals surface area contributed by atoms with E-state index in [-0.39, 0.29) is 33.7 Å². The summed E-state index contributed by atoms with van der Waals surface area (Å²) in [5.74, 6) is -0.973. The summed E-state index contributed by atoms with van der Waals surface area (Å²) in [6, 6.07) is 12.6. The number of nitro benzene ring substituents is 1. The Morgan fingerprint density at radius 2 is 1.93 bits per heavy atom. The van der Waals surface area contributed by atoms with E-state index in [1.54, 1.807) is 19.1 Å². The topological polar surface area (TPSA) is 125 Å². The fourth-order valence-electron chi connectivity index (χ4n) is 2.51. The summed E-state index contributed by atoms with van der Waals surface area (Å²) in [6.45, 7) is 2.94. The van der Waals surface area contributed by atoms with Gasteiger partial charge >= 0.3 is 5.97 Å². The van der Waals surface area contributed by atoms with E-state index in [9.17, 15) is 19.7 Å². The van der Waals surface area contributed by atoms with Crippen LogP contribution >= 0.6 is 11.6 Å². The number of carbonyl (C=O) groups is 2. The Morgan fingerprint density at radius 3 is 2.57 bits per heavy atom. The Labute approximate surface area is 175 Å². The van der Waals surface area contributed by atoms with Crippen molar-refractivity contribution in [3.05, 3.63) is 75.1 Å². The van der Waals surface area contributed by atoms with Crippen molar-refractivity contribution >= 4 is 34.9 Å². The Balaban J connectivity index is 1.68. The van der Waals surface area contributed by atoms with Crippen LogP contribution in [0.15, 0.2) is 52.9 Å². The zero-order valence-electron chi connectivity index (χ0n) is 15.9. The van der Waals surface area contributed by atoms with Gasteiger partial charge in [-0.15, -0.1) is 0 Å². The molecule has 0 bridgehead atoms. The van der Waals surface area contributed by atoms with Crippen molar-refractivity contribution in [2.24, 2.45) is 0 Å². The van der Waals surface area contributed by atoms with Gasteiger partial charge in [-0.1, -0.05) is 29.8 Å². The van der Waals surface area contributed by atoms with Gasteiger partial charge in [-0.3, -0.25) is 14.9 Å². The van der Waals surface area contributed by atoms with Crippen molar-refractivity contribution in [3.63, 3.8) is 0 Å². The number of nitrogens with zero attached hydrogens (tertiary/aromatic N) is 2. The largest absolute Gasteiger partial charge is 0.448 e. The number of nitrogens with one attached hydrogen (secondary N) is 1. The number of anilines is 1. The monoisotopic (exact) mass is 429 g/mol. The van der Waals surface area contributed by atoms with Gasteiger partial charge in [0, 0.05) is 17.7 Å². The van der Waals surface area contributed by atoms with E-state index in [0.29, 0.717) is 5.56 Å². The zero-order valence-corrected chi connectivity index (χ0v) is 16.7. The van der Waals surface area contributed by atoms with Crippen LogP contribution in [0, 0.1) is 17.0 Å². The SMILES string of the molecule is Cc1oc(-c2ccccc2)nc1C(=O)OC(C)C(=O)Nc1ccc([N+](=O)[O-])cc1Cl. The molecule has 1 amide bonds. The van der Waals surface area contributed by atoms with Crippen molar-refractivity contribution in [1.29, 1.82) is 0 Å². The highest BCUT2D eigenvalue weighted by molar-refractivity contribution is 6.34. The molecule has 154 valence electrons. The van der Waals surface area contributed by atoms with E-state index in [0.717, 1.165) is 6.07 Å². The van der Waals surface area contributed by atoms with E-state index in [4.69, 9.17) is 20.8 Å². The number of rotatable bonds is 6. The normalized spacial score (nSPS) is 11.6. The number of aryl methyl sites for hydroxylation is 1. The Hall–Kier alpha value is -3.72. The molecule has 0 saturated carbocycles. The standard InChI is InChI=1S/C20H16ClN3O6/c1-11-17(23-19(29-11)13-6-4-3-5-7-13)20(26)30-12(2)18(25)22-16-9-8-14(24(27)28)10-15(16)21/h3-10,12H,1-2H3,(H,22,25). The fourth-order valence-corrected chi connectivity index (χ4v) is 2.74. The molecule has 1 heterocycles. The van der Waals surface area contributed by atoms with E-state index in [1.165, 1.54) is 19.1 Å². The third kappa shape index (κ3) is 4.64.